The molecule has 0 bridgehead atoms. The molecule has 1 heterocycles. The molecular formula is C25H25NO7S. The molecule has 0 aliphatic heterocycles. The Bertz CT molecular complexity index is 1160. The van der Waals surface area contributed by atoms with Gasteiger partial charge < -0.3 is 24.3 Å². The molecule has 0 atom stereocenters. The first kappa shape index (κ1) is 24.8. The Morgan fingerprint density at radius 3 is 2.38 bits per heavy atom. The third kappa shape index (κ3) is 6.35. The number of nitrogens with one attached hydrogen (secondary N) is 1. The van der Waals surface area contributed by atoms with E-state index in [-0.39, 0.29) is 35.3 Å². The first-order chi connectivity index (χ1) is 16.4. The third-order valence-electron chi connectivity index (χ3n) is 4.69. The molecular weight excluding hydrogens is 458 g/mol. The van der Waals surface area contributed by atoms with E-state index < -0.39 is 17.8 Å². The number of carbonyl (C=O) groups excluding carboxylic acids is 3. The summed E-state index contributed by atoms with van der Waals surface area (Å²) in [5.74, 6) is -0.686. The highest BCUT2D eigenvalue weighted by atomic mass is 32.1. The van der Waals surface area contributed by atoms with Crippen LogP contribution in [0.2, 0.25) is 0 Å². The molecule has 34 heavy (non-hydrogen) atoms. The Labute approximate surface area is 201 Å². The quantitative estimate of drug-likeness (QED) is 0.420. The number of ether oxygens (including phenoxy) is 4. The Morgan fingerprint density at radius 1 is 0.941 bits per heavy atom. The molecule has 0 fully saturated rings. The lowest BCUT2D eigenvalue weighted by Gasteiger charge is -2.09. The molecule has 0 aliphatic rings. The maximum Gasteiger partial charge on any atom is 0.349 e. The number of thiophene rings is 1. The molecule has 3 rings (SSSR count). The lowest BCUT2D eigenvalue weighted by Crippen LogP contribution is -2.21. The van der Waals surface area contributed by atoms with Crippen LogP contribution in [-0.4, -0.2) is 38.2 Å². The summed E-state index contributed by atoms with van der Waals surface area (Å²) in [5.41, 5.74) is 1.33. The fourth-order valence-electron chi connectivity index (χ4n) is 3.04. The van der Waals surface area contributed by atoms with E-state index in [2.05, 4.69) is 5.32 Å². The number of anilines is 1. The Morgan fingerprint density at radius 2 is 1.68 bits per heavy atom. The number of rotatable bonds is 10. The molecule has 1 aromatic heterocycles. The summed E-state index contributed by atoms with van der Waals surface area (Å²) in [6.45, 7) is 3.22. The summed E-state index contributed by atoms with van der Waals surface area (Å²) in [6.07, 6.45) is 0. The van der Waals surface area contributed by atoms with Crippen LogP contribution in [0.3, 0.4) is 0 Å². The van der Waals surface area contributed by atoms with Gasteiger partial charge in [0.1, 0.15) is 28.0 Å². The smallest absolute Gasteiger partial charge is 0.349 e. The molecule has 1 N–H and O–H groups in total. The normalized spacial score (nSPS) is 10.3. The second-order valence-electron chi connectivity index (χ2n) is 7.06. The molecule has 8 nitrogen and oxygen atoms in total. The zero-order valence-corrected chi connectivity index (χ0v) is 19.9. The summed E-state index contributed by atoms with van der Waals surface area (Å²) >= 11 is 0.957. The molecule has 3 aromatic rings. The molecule has 0 spiro atoms. The van der Waals surface area contributed by atoms with E-state index in [0.29, 0.717) is 17.1 Å². The van der Waals surface area contributed by atoms with Gasteiger partial charge in [-0.25, -0.2) is 9.59 Å². The van der Waals surface area contributed by atoms with Crippen LogP contribution in [-0.2, 0) is 20.9 Å². The van der Waals surface area contributed by atoms with Gasteiger partial charge in [0.25, 0.3) is 5.91 Å². The van der Waals surface area contributed by atoms with Gasteiger partial charge in [-0.1, -0.05) is 36.4 Å². The monoisotopic (exact) mass is 483 g/mol. The van der Waals surface area contributed by atoms with Gasteiger partial charge in [0.05, 0.1) is 19.3 Å². The zero-order chi connectivity index (χ0) is 24.5. The van der Waals surface area contributed by atoms with Gasteiger partial charge in [-0.3, -0.25) is 4.79 Å². The molecule has 9 heteroatoms. The van der Waals surface area contributed by atoms with Crippen molar-refractivity contribution in [2.24, 2.45) is 0 Å². The van der Waals surface area contributed by atoms with Crippen molar-refractivity contribution in [1.29, 1.82) is 0 Å². The number of carbonyl (C=O) groups is 3. The highest BCUT2D eigenvalue weighted by Crippen LogP contribution is 2.34. The second kappa shape index (κ2) is 11.9. The van der Waals surface area contributed by atoms with Crippen molar-refractivity contribution in [3.8, 4) is 11.5 Å². The first-order valence-electron chi connectivity index (χ1n) is 10.5. The minimum Gasteiger partial charge on any atom is -0.497 e. The van der Waals surface area contributed by atoms with Crippen LogP contribution >= 0.6 is 11.3 Å². The Balaban J connectivity index is 1.74. The van der Waals surface area contributed by atoms with Gasteiger partial charge in [0, 0.05) is 6.07 Å². The molecule has 0 saturated carbocycles. The first-order valence-corrected chi connectivity index (χ1v) is 11.3. The van der Waals surface area contributed by atoms with E-state index >= 15 is 0 Å². The van der Waals surface area contributed by atoms with Crippen molar-refractivity contribution in [3.05, 3.63) is 76.2 Å². The van der Waals surface area contributed by atoms with Gasteiger partial charge in [-0.2, -0.15) is 0 Å². The van der Waals surface area contributed by atoms with Gasteiger partial charge >= 0.3 is 11.9 Å². The van der Waals surface area contributed by atoms with Crippen LogP contribution in [0.25, 0.3) is 0 Å². The van der Waals surface area contributed by atoms with E-state index in [9.17, 15) is 14.4 Å². The van der Waals surface area contributed by atoms with E-state index in [0.717, 1.165) is 16.9 Å². The highest BCUT2D eigenvalue weighted by Gasteiger charge is 2.27. The topological polar surface area (TPSA) is 100 Å². The number of methoxy groups -OCH3 is 1. The molecule has 0 aliphatic carbocycles. The van der Waals surface area contributed by atoms with Gasteiger partial charge in [0.2, 0.25) is 0 Å². The zero-order valence-electron chi connectivity index (χ0n) is 19.1. The number of hydrogen-bond donors (Lipinski definition) is 1. The lowest BCUT2D eigenvalue weighted by atomic mass is 10.1. The van der Waals surface area contributed by atoms with E-state index in [1.807, 2.05) is 30.3 Å². The summed E-state index contributed by atoms with van der Waals surface area (Å²) < 4.78 is 21.2. The van der Waals surface area contributed by atoms with Crippen molar-refractivity contribution in [2.45, 2.75) is 20.5 Å². The fourth-order valence-corrected chi connectivity index (χ4v) is 4.14. The largest absolute Gasteiger partial charge is 0.497 e. The highest BCUT2D eigenvalue weighted by molar-refractivity contribution is 7.18. The molecule has 2 aromatic carbocycles. The maximum atomic E-state index is 12.7. The van der Waals surface area contributed by atoms with Crippen LogP contribution in [0.4, 0.5) is 5.00 Å². The van der Waals surface area contributed by atoms with E-state index in [4.69, 9.17) is 18.9 Å². The van der Waals surface area contributed by atoms with Crippen LogP contribution in [0.5, 0.6) is 11.5 Å². The Kier molecular flexibility index (Phi) is 8.64. The Hall–Kier alpha value is -3.85. The predicted molar refractivity (Wildman–Crippen MR) is 128 cm³/mol. The van der Waals surface area contributed by atoms with Crippen LogP contribution in [0.1, 0.15) is 38.1 Å². The number of benzene rings is 2. The van der Waals surface area contributed by atoms with Crippen LogP contribution < -0.4 is 14.8 Å². The standard InChI is InChI=1S/C25H25NO7S/c1-4-31-24(28)21-16(2)22(25(29)33-14-17-9-6-5-7-10-17)34-23(21)26-20(27)15-32-19-12-8-11-18(13-19)30-3/h5-13H,4,14-15H2,1-3H3,(H,26,27). The van der Waals surface area contributed by atoms with Crippen molar-refractivity contribution in [3.63, 3.8) is 0 Å². The van der Waals surface area contributed by atoms with Crippen molar-refractivity contribution < 1.29 is 33.3 Å². The average molecular weight is 484 g/mol. The van der Waals surface area contributed by atoms with Crippen molar-refractivity contribution in [1.82, 2.24) is 0 Å². The molecule has 0 unspecified atom stereocenters. The second-order valence-corrected chi connectivity index (χ2v) is 8.08. The fraction of sp³-hybridized carbons (Fsp3) is 0.240. The predicted octanol–water partition coefficient (Wildman–Crippen LogP) is 4.62. The minimum absolute atomic E-state index is 0.0851. The number of esters is 2. The van der Waals surface area contributed by atoms with Gasteiger partial charge in [-0.05, 0) is 37.1 Å². The van der Waals surface area contributed by atoms with Gasteiger partial charge in [-0.15, -0.1) is 11.3 Å². The summed E-state index contributed by atoms with van der Waals surface area (Å²) in [6, 6.07) is 16.1. The lowest BCUT2D eigenvalue weighted by molar-refractivity contribution is -0.118. The SMILES string of the molecule is CCOC(=O)c1c(NC(=O)COc2cccc(OC)c2)sc(C(=O)OCc2ccccc2)c1C. The summed E-state index contributed by atoms with van der Waals surface area (Å²) in [5, 5.41) is 2.85. The summed E-state index contributed by atoms with van der Waals surface area (Å²) in [4.78, 5) is 38.1. The van der Waals surface area contributed by atoms with Crippen LogP contribution in [0.15, 0.2) is 54.6 Å². The number of amides is 1. The van der Waals surface area contributed by atoms with Crippen molar-refractivity contribution in [2.75, 3.05) is 25.6 Å². The van der Waals surface area contributed by atoms with Crippen molar-refractivity contribution >= 4 is 34.2 Å². The summed E-state index contributed by atoms with van der Waals surface area (Å²) in [7, 11) is 1.53. The van der Waals surface area contributed by atoms with E-state index in [1.165, 1.54) is 7.11 Å². The van der Waals surface area contributed by atoms with E-state index in [1.54, 1.807) is 38.1 Å². The minimum atomic E-state index is -0.637. The molecule has 0 saturated heterocycles. The third-order valence-corrected chi connectivity index (χ3v) is 5.88. The molecule has 0 radical (unpaired) electrons. The number of hydrogen-bond acceptors (Lipinski definition) is 8. The molecule has 178 valence electrons. The van der Waals surface area contributed by atoms with Gasteiger partial charge in [0.15, 0.2) is 6.61 Å². The molecule has 1 amide bonds. The average Bonchev–Trinajstić information content (AvgIpc) is 3.17. The maximum absolute atomic E-state index is 12.7. The van der Waals surface area contributed by atoms with Crippen LogP contribution in [0, 0.1) is 6.92 Å².